The number of carbonyl (C=O) groups excluding carboxylic acids is 1. The van der Waals surface area contributed by atoms with E-state index in [1.54, 1.807) is 0 Å². The van der Waals surface area contributed by atoms with Gasteiger partial charge in [-0.2, -0.15) is 0 Å². The van der Waals surface area contributed by atoms with E-state index >= 15 is 0 Å². The number of hydrogen-bond acceptors (Lipinski definition) is 4. The van der Waals surface area contributed by atoms with Gasteiger partial charge in [-0.15, -0.1) is 0 Å². The molecule has 5 nitrogen and oxygen atoms in total. The first kappa shape index (κ1) is 20.4. The topological polar surface area (TPSA) is 77.9 Å². The van der Waals surface area contributed by atoms with Gasteiger partial charge in [-0.05, 0) is 42.5 Å². The summed E-state index contributed by atoms with van der Waals surface area (Å²) < 4.78 is 63.8. The number of nitrogens with one attached hydrogen (secondary N) is 3. The summed E-state index contributed by atoms with van der Waals surface area (Å²) in [7, 11) is -9.73. The van der Waals surface area contributed by atoms with Crippen molar-refractivity contribution in [2.75, 3.05) is 11.9 Å². The summed E-state index contributed by atoms with van der Waals surface area (Å²) in [5, 5.41) is 13.1. The zero-order valence-corrected chi connectivity index (χ0v) is 14.5. The highest BCUT2D eigenvalue weighted by Crippen LogP contribution is 3.02. The molecule has 11 heteroatoms. The van der Waals surface area contributed by atoms with Crippen LogP contribution in [0.25, 0.3) is 0 Å². The second-order valence-electron chi connectivity index (χ2n) is 5.42. The first-order chi connectivity index (χ1) is 12.3. The molecular formula is C16H15F5N4OS. The van der Waals surface area contributed by atoms with E-state index in [0.717, 1.165) is 18.2 Å². The monoisotopic (exact) mass is 406 g/mol. The van der Waals surface area contributed by atoms with Crippen LogP contribution < -0.4 is 10.6 Å². The van der Waals surface area contributed by atoms with Crippen LogP contribution in [0.3, 0.4) is 0 Å². The molecule has 0 saturated heterocycles. The van der Waals surface area contributed by atoms with Crippen LogP contribution in [0.1, 0.15) is 5.69 Å². The Morgan fingerprint density at radius 1 is 1.15 bits per heavy atom. The number of pyridine rings is 1. The van der Waals surface area contributed by atoms with Gasteiger partial charge in [0, 0.05) is 11.9 Å². The molecule has 0 aliphatic carbocycles. The number of amides is 1. The zero-order chi connectivity index (χ0) is 20.4. The van der Waals surface area contributed by atoms with Crippen molar-refractivity contribution in [2.45, 2.75) is 4.90 Å². The fourth-order valence-electron chi connectivity index (χ4n) is 2.03. The molecule has 0 radical (unpaired) electrons. The molecule has 0 aliphatic rings. The van der Waals surface area contributed by atoms with Gasteiger partial charge in [0.05, 0.1) is 17.9 Å². The van der Waals surface area contributed by atoms with Gasteiger partial charge >= 0.3 is 10.2 Å². The molecule has 146 valence electrons. The molecular weight excluding hydrogens is 391 g/mol. The molecule has 0 unspecified atom stereocenters. The van der Waals surface area contributed by atoms with E-state index in [1.165, 1.54) is 18.3 Å². The molecule has 0 atom stereocenters. The van der Waals surface area contributed by atoms with Crippen LogP contribution in [-0.2, 0) is 4.79 Å². The largest absolute Gasteiger partial charge is 0.354 e. The molecule has 0 aliphatic heterocycles. The highest BCUT2D eigenvalue weighted by molar-refractivity contribution is 8.45. The standard InChI is InChI=1S/C16H15F5N4OS/c1-2-15(26)24-10-13(22)16-14(4-3-9-23-16)25-11-5-7-12(8-6-11)27(17,18,19,20)21/h2-9,22,25H,1,10H2,(H,24,26). The smallest absolute Gasteiger partial charge is 0.310 e. The van der Waals surface area contributed by atoms with Crippen molar-refractivity contribution < 1.29 is 24.2 Å². The number of anilines is 2. The molecule has 0 fully saturated rings. The van der Waals surface area contributed by atoms with E-state index in [4.69, 9.17) is 5.41 Å². The normalized spacial score (nSPS) is 13.8. The maximum absolute atomic E-state index is 12.8. The minimum atomic E-state index is -9.73. The van der Waals surface area contributed by atoms with Crippen LogP contribution in [-0.4, -0.2) is 23.1 Å². The Labute approximate surface area is 151 Å². The number of halogens is 5. The third-order valence-corrected chi connectivity index (χ3v) is 4.46. The summed E-state index contributed by atoms with van der Waals surface area (Å²) in [5.74, 6) is -0.489. The molecule has 27 heavy (non-hydrogen) atoms. The second-order valence-corrected chi connectivity index (χ2v) is 7.83. The second kappa shape index (κ2) is 6.34. The molecule has 2 rings (SSSR count). The highest BCUT2D eigenvalue weighted by Gasteiger charge is 2.65. The Hall–Kier alpha value is -2.95. The average molecular weight is 406 g/mol. The van der Waals surface area contributed by atoms with E-state index in [-0.39, 0.29) is 41.5 Å². The van der Waals surface area contributed by atoms with Gasteiger partial charge in [-0.3, -0.25) is 9.78 Å². The number of nitrogens with zero attached hydrogens (tertiary/aromatic N) is 1. The fraction of sp³-hybridized carbons (Fsp3) is 0.0625. The number of aromatic nitrogens is 1. The van der Waals surface area contributed by atoms with Gasteiger partial charge < -0.3 is 16.0 Å². The van der Waals surface area contributed by atoms with E-state index in [1.807, 2.05) is 0 Å². The number of hydrogen-bond donors (Lipinski definition) is 3. The Morgan fingerprint density at radius 3 is 2.33 bits per heavy atom. The minimum absolute atomic E-state index is 0.0723. The lowest BCUT2D eigenvalue weighted by atomic mass is 10.2. The quantitative estimate of drug-likeness (QED) is 0.338. The van der Waals surface area contributed by atoms with Crippen molar-refractivity contribution in [1.29, 1.82) is 5.41 Å². The van der Waals surface area contributed by atoms with E-state index in [9.17, 15) is 24.2 Å². The van der Waals surface area contributed by atoms with E-state index in [0.29, 0.717) is 0 Å². The predicted molar refractivity (Wildman–Crippen MR) is 95.4 cm³/mol. The van der Waals surface area contributed by atoms with Crippen molar-refractivity contribution in [3.63, 3.8) is 0 Å². The molecule has 0 spiro atoms. The van der Waals surface area contributed by atoms with Crippen molar-refractivity contribution in [2.24, 2.45) is 0 Å². The SMILES string of the molecule is C=CC(=O)NCC(=N)c1ncccc1Nc1ccc(S(F)(F)(F)(F)F)cc1. The molecule has 1 aromatic heterocycles. The van der Waals surface area contributed by atoms with E-state index in [2.05, 4.69) is 22.2 Å². The maximum Gasteiger partial charge on any atom is 0.310 e. The van der Waals surface area contributed by atoms with Crippen molar-refractivity contribution in [3.8, 4) is 0 Å². The third-order valence-electron chi connectivity index (χ3n) is 3.30. The van der Waals surface area contributed by atoms with Gasteiger partial charge in [0.15, 0.2) is 0 Å². The molecule has 2 aromatic rings. The van der Waals surface area contributed by atoms with E-state index < -0.39 is 21.0 Å². The number of rotatable bonds is 7. The summed E-state index contributed by atoms with van der Waals surface area (Å²) in [6, 6.07) is 5.31. The third kappa shape index (κ3) is 5.51. The Morgan fingerprint density at radius 2 is 1.78 bits per heavy atom. The summed E-state index contributed by atoms with van der Waals surface area (Å²) in [6.45, 7) is 3.12. The summed E-state index contributed by atoms with van der Waals surface area (Å²) in [4.78, 5) is 13.2. The molecule has 1 heterocycles. The molecule has 3 N–H and O–H groups in total. The first-order valence-electron chi connectivity index (χ1n) is 7.34. The lowest BCUT2D eigenvalue weighted by Gasteiger charge is -2.40. The fourth-order valence-corrected chi connectivity index (χ4v) is 2.68. The Kier molecular flexibility index (Phi) is 4.78. The van der Waals surface area contributed by atoms with Gasteiger partial charge in [0.25, 0.3) is 0 Å². The van der Waals surface area contributed by atoms with Crippen LogP contribution >= 0.6 is 10.2 Å². The van der Waals surface area contributed by atoms with Gasteiger partial charge in [-0.1, -0.05) is 26.0 Å². The van der Waals surface area contributed by atoms with Crippen LogP contribution in [0.2, 0.25) is 0 Å². The summed E-state index contributed by atoms with van der Waals surface area (Å²) in [6.07, 6.45) is 2.42. The lowest BCUT2D eigenvalue weighted by Crippen LogP contribution is -2.28. The predicted octanol–water partition coefficient (Wildman–Crippen LogP) is 5.15. The summed E-state index contributed by atoms with van der Waals surface area (Å²) in [5.41, 5.74) is 0.420. The van der Waals surface area contributed by atoms with Crippen LogP contribution in [0.15, 0.2) is 60.1 Å². The molecule has 1 amide bonds. The van der Waals surface area contributed by atoms with Crippen LogP contribution in [0.5, 0.6) is 0 Å². The van der Waals surface area contributed by atoms with Crippen molar-refractivity contribution >= 4 is 33.2 Å². The van der Waals surface area contributed by atoms with Crippen molar-refractivity contribution in [1.82, 2.24) is 10.3 Å². The van der Waals surface area contributed by atoms with Gasteiger partial charge in [-0.25, -0.2) is 0 Å². The van der Waals surface area contributed by atoms with Crippen LogP contribution in [0.4, 0.5) is 30.8 Å². The first-order valence-corrected chi connectivity index (χ1v) is 9.29. The maximum atomic E-state index is 12.8. The Balaban J connectivity index is 2.23. The number of carbonyl (C=O) groups is 1. The molecule has 1 aromatic carbocycles. The highest BCUT2D eigenvalue weighted by atomic mass is 32.5. The zero-order valence-electron chi connectivity index (χ0n) is 13.7. The number of benzene rings is 1. The van der Waals surface area contributed by atoms with Gasteiger partial charge in [0.1, 0.15) is 10.6 Å². The molecule has 0 bridgehead atoms. The molecule has 0 saturated carbocycles. The van der Waals surface area contributed by atoms with Gasteiger partial charge in [0.2, 0.25) is 5.91 Å². The Bertz CT molecular complexity index is 898. The lowest BCUT2D eigenvalue weighted by molar-refractivity contribution is -0.116. The summed E-state index contributed by atoms with van der Waals surface area (Å²) >= 11 is 0. The minimum Gasteiger partial charge on any atom is -0.354 e. The average Bonchev–Trinajstić information content (AvgIpc) is 2.58. The van der Waals surface area contributed by atoms with Crippen molar-refractivity contribution in [3.05, 3.63) is 60.9 Å². The van der Waals surface area contributed by atoms with Crippen LogP contribution in [0, 0.1) is 5.41 Å².